The summed E-state index contributed by atoms with van der Waals surface area (Å²) >= 11 is 1.87. The molecule has 42 heavy (non-hydrogen) atoms. The van der Waals surface area contributed by atoms with E-state index in [2.05, 4.69) is 169 Å². The first-order valence-electron chi connectivity index (χ1n) is 14.3. The first-order valence-corrected chi connectivity index (χ1v) is 15.1. The number of rotatable bonds is 5. The highest BCUT2D eigenvalue weighted by Gasteiger charge is 2.19. The van der Waals surface area contributed by atoms with Crippen LogP contribution in [0.4, 0.5) is 17.1 Å². The molecule has 0 unspecified atom stereocenters. The number of fused-ring (bicyclic) bond motifs is 4. The van der Waals surface area contributed by atoms with Crippen LogP contribution in [-0.2, 0) is 0 Å². The molecule has 0 radical (unpaired) electrons. The lowest BCUT2D eigenvalue weighted by Gasteiger charge is -2.29. The molecule has 0 fully saturated rings. The van der Waals surface area contributed by atoms with Gasteiger partial charge in [0.2, 0.25) is 0 Å². The molecule has 1 aromatic heterocycles. The lowest BCUT2D eigenvalue weighted by molar-refractivity contribution is 1.30. The van der Waals surface area contributed by atoms with Crippen LogP contribution in [0.3, 0.4) is 0 Å². The van der Waals surface area contributed by atoms with E-state index in [1.165, 1.54) is 53.2 Å². The average Bonchev–Trinajstić information content (AvgIpc) is 3.44. The van der Waals surface area contributed by atoms with Crippen LogP contribution >= 0.6 is 11.3 Å². The van der Waals surface area contributed by atoms with Crippen LogP contribution in [-0.4, -0.2) is 0 Å². The molecule has 0 aliphatic heterocycles. The molecule has 0 bridgehead atoms. The summed E-state index contributed by atoms with van der Waals surface area (Å²) in [5.74, 6) is 0. The molecule has 0 aliphatic carbocycles. The average molecular weight is 554 g/mol. The van der Waals surface area contributed by atoms with Gasteiger partial charge in [-0.1, -0.05) is 127 Å². The summed E-state index contributed by atoms with van der Waals surface area (Å²) in [6, 6.07) is 59.2. The summed E-state index contributed by atoms with van der Waals surface area (Å²) in [6.45, 7) is 0. The molecule has 1 nitrogen and oxygen atoms in total. The number of nitrogens with zero attached hydrogens (tertiary/aromatic N) is 1. The van der Waals surface area contributed by atoms with Crippen molar-refractivity contribution in [2.24, 2.45) is 0 Å². The molecule has 0 saturated carbocycles. The van der Waals surface area contributed by atoms with Crippen molar-refractivity contribution < 1.29 is 0 Å². The minimum Gasteiger partial charge on any atom is -0.309 e. The second-order valence-corrected chi connectivity index (χ2v) is 11.7. The second kappa shape index (κ2) is 10.3. The maximum Gasteiger partial charge on any atom is 0.0540 e. The highest BCUT2D eigenvalue weighted by molar-refractivity contribution is 7.25. The quantitative estimate of drug-likeness (QED) is 0.205. The Labute approximate surface area is 249 Å². The number of hydrogen-bond donors (Lipinski definition) is 0. The van der Waals surface area contributed by atoms with E-state index in [4.69, 9.17) is 0 Å². The number of hydrogen-bond acceptors (Lipinski definition) is 2. The highest BCUT2D eigenvalue weighted by atomic mass is 32.1. The maximum absolute atomic E-state index is 2.42. The molecule has 0 atom stereocenters. The van der Waals surface area contributed by atoms with Crippen molar-refractivity contribution in [1.29, 1.82) is 0 Å². The normalized spacial score (nSPS) is 11.3. The van der Waals surface area contributed by atoms with E-state index in [0.29, 0.717) is 0 Å². The van der Waals surface area contributed by atoms with Crippen LogP contribution in [0, 0.1) is 0 Å². The van der Waals surface area contributed by atoms with E-state index in [9.17, 15) is 0 Å². The van der Waals surface area contributed by atoms with Crippen molar-refractivity contribution in [1.82, 2.24) is 0 Å². The number of para-hydroxylation sites is 1. The summed E-state index contributed by atoms with van der Waals surface area (Å²) in [6.07, 6.45) is 0. The van der Waals surface area contributed by atoms with Gasteiger partial charge in [-0.2, -0.15) is 0 Å². The summed E-state index contributed by atoms with van der Waals surface area (Å²) < 4.78 is 2.64. The lowest BCUT2D eigenvalue weighted by Crippen LogP contribution is -2.11. The molecule has 2 heteroatoms. The van der Waals surface area contributed by atoms with E-state index < -0.39 is 0 Å². The van der Waals surface area contributed by atoms with Crippen molar-refractivity contribution in [2.75, 3.05) is 4.90 Å². The third-order valence-corrected chi connectivity index (χ3v) is 9.21. The van der Waals surface area contributed by atoms with Crippen LogP contribution in [0.5, 0.6) is 0 Å². The zero-order chi connectivity index (χ0) is 27.9. The lowest BCUT2D eigenvalue weighted by atomic mass is 9.99. The van der Waals surface area contributed by atoms with Gasteiger partial charge in [-0.05, 0) is 58.5 Å². The van der Waals surface area contributed by atoms with E-state index in [1.54, 1.807) is 0 Å². The van der Waals surface area contributed by atoms with E-state index >= 15 is 0 Å². The SMILES string of the molecule is c1ccc(-c2ccc(N(c3ccccc3-c3ccc4c(c3)sc3ccccc34)c3cccc4ccccc34)cc2)cc1. The Kier molecular flexibility index (Phi) is 6.05. The molecule has 0 saturated heterocycles. The van der Waals surface area contributed by atoms with Crippen molar-refractivity contribution in [3.8, 4) is 22.3 Å². The first-order chi connectivity index (χ1) is 20.8. The van der Waals surface area contributed by atoms with Gasteiger partial charge in [0.15, 0.2) is 0 Å². The molecule has 1 heterocycles. The van der Waals surface area contributed by atoms with Gasteiger partial charge < -0.3 is 4.90 Å². The molecular weight excluding hydrogens is 527 g/mol. The summed E-state index contributed by atoms with van der Waals surface area (Å²) in [5, 5.41) is 5.10. The standard InChI is InChI=1S/C40H27NS/c1-2-11-28(12-3-1)29-21-24-32(25-22-29)41(38-19-10-14-30-13-4-5-15-33(30)38)37-18-8-6-16-34(37)31-23-26-36-35-17-7-9-20-39(35)42-40(36)27-31/h1-27H. The van der Waals surface area contributed by atoms with E-state index in [1.807, 2.05) is 11.3 Å². The van der Waals surface area contributed by atoms with Gasteiger partial charge in [-0.15, -0.1) is 11.3 Å². The largest absolute Gasteiger partial charge is 0.309 e. The first kappa shape index (κ1) is 24.6. The number of benzene rings is 7. The van der Waals surface area contributed by atoms with Gasteiger partial charge in [0.25, 0.3) is 0 Å². The van der Waals surface area contributed by atoms with Crippen molar-refractivity contribution in [3.05, 3.63) is 164 Å². The third-order valence-electron chi connectivity index (χ3n) is 8.07. The van der Waals surface area contributed by atoms with E-state index in [0.717, 1.165) is 17.1 Å². The Balaban J connectivity index is 1.33. The Morgan fingerprint density at radius 3 is 1.88 bits per heavy atom. The minimum atomic E-state index is 1.13. The van der Waals surface area contributed by atoms with Crippen molar-refractivity contribution in [2.45, 2.75) is 0 Å². The van der Waals surface area contributed by atoms with Gasteiger partial charge in [0.1, 0.15) is 0 Å². The molecule has 0 N–H and O–H groups in total. The number of anilines is 3. The fraction of sp³-hybridized carbons (Fsp3) is 0. The molecule has 198 valence electrons. The minimum absolute atomic E-state index is 1.13. The molecular formula is C40H27NS. The van der Waals surface area contributed by atoms with Gasteiger partial charge >= 0.3 is 0 Å². The van der Waals surface area contributed by atoms with Crippen LogP contribution in [0.2, 0.25) is 0 Å². The maximum atomic E-state index is 2.42. The van der Waals surface area contributed by atoms with Gasteiger partial charge in [0, 0.05) is 36.8 Å². The number of thiophene rings is 1. The molecule has 0 amide bonds. The predicted octanol–water partition coefficient (Wildman–Crippen LogP) is 12.0. The fourth-order valence-corrected chi connectivity index (χ4v) is 7.20. The highest BCUT2D eigenvalue weighted by Crippen LogP contribution is 2.45. The van der Waals surface area contributed by atoms with Gasteiger partial charge in [0.05, 0.1) is 11.4 Å². The summed E-state index contributed by atoms with van der Waals surface area (Å²) in [5.41, 5.74) is 8.30. The third kappa shape index (κ3) is 4.25. The zero-order valence-corrected chi connectivity index (χ0v) is 23.8. The smallest absolute Gasteiger partial charge is 0.0540 e. The zero-order valence-electron chi connectivity index (χ0n) is 22.9. The van der Waals surface area contributed by atoms with Crippen LogP contribution in [0.25, 0.3) is 53.2 Å². The van der Waals surface area contributed by atoms with Crippen LogP contribution < -0.4 is 4.90 Å². The fourth-order valence-electron chi connectivity index (χ4n) is 6.05. The predicted molar refractivity (Wildman–Crippen MR) is 182 cm³/mol. The molecule has 8 aromatic rings. The van der Waals surface area contributed by atoms with Crippen LogP contribution in [0.15, 0.2) is 164 Å². The van der Waals surface area contributed by atoms with Crippen molar-refractivity contribution >= 4 is 59.3 Å². The molecule has 7 aromatic carbocycles. The Morgan fingerprint density at radius 1 is 0.381 bits per heavy atom. The topological polar surface area (TPSA) is 3.24 Å². The van der Waals surface area contributed by atoms with Gasteiger partial charge in [-0.25, -0.2) is 0 Å². The van der Waals surface area contributed by atoms with Crippen molar-refractivity contribution in [3.63, 3.8) is 0 Å². The van der Waals surface area contributed by atoms with Gasteiger partial charge in [-0.3, -0.25) is 0 Å². The van der Waals surface area contributed by atoms with Crippen LogP contribution in [0.1, 0.15) is 0 Å². The Bertz CT molecular complexity index is 2190. The molecule has 0 aliphatic rings. The Hall–Kier alpha value is -5.18. The molecule has 0 spiro atoms. The monoisotopic (exact) mass is 553 g/mol. The Morgan fingerprint density at radius 2 is 1.00 bits per heavy atom. The second-order valence-electron chi connectivity index (χ2n) is 10.6. The summed E-state index contributed by atoms with van der Waals surface area (Å²) in [7, 11) is 0. The van der Waals surface area contributed by atoms with E-state index in [-0.39, 0.29) is 0 Å². The molecule has 8 rings (SSSR count). The summed E-state index contributed by atoms with van der Waals surface area (Å²) in [4.78, 5) is 2.42.